The molecule has 2 heterocycles. The van der Waals surface area contributed by atoms with Gasteiger partial charge in [0.1, 0.15) is 16.8 Å². The second-order valence-corrected chi connectivity index (χ2v) is 9.23. The van der Waals surface area contributed by atoms with Crippen molar-refractivity contribution in [3.05, 3.63) is 58.0 Å². The molecular formula is C21H18BrClN4O3S. The van der Waals surface area contributed by atoms with E-state index in [1.165, 1.54) is 11.3 Å². The zero-order chi connectivity index (χ0) is 21.8. The summed E-state index contributed by atoms with van der Waals surface area (Å²) < 4.78 is 6.51. The molecular weight excluding hydrogens is 504 g/mol. The van der Waals surface area contributed by atoms with Crippen LogP contribution in [-0.2, 0) is 9.59 Å². The van der Waals surface area contributed by atoms with E-state index in [0.717, 1.165) is 16.5 Å². The molecule has 4 rings (SSSR count). The van der Waals surface area contributed by atoms with E-state index in [1.807, 2.05) is 24.3 Å². The highest BCUT2D eigenvalue weighted by molar-refractivity contribution is 9.10. The fourth-order valence-corrected chi connectivity index (χ4v) is 4.41. The van der Waals surface area contributed by atoms with Crippen molar-refractivity contribution in [1.29, 1.82) is 0 Å². The van der Waals surface area contributed by atoms with Crippen molar-refractivity contribution >= 4 is 55.8 Å². The van der Waals surface area contributed by atoms with E-state index in [2.05, 4.69) is 31.4 Å². The summed E-state index contributed by atoms with van der Waals surface area (Å²) in [6, 6.07) is 13.9. The topological polar surface area (TPSA) is 84.4 Å². The first kappa shape index (κ1) is 21.7. The number of aromatic nitrogens is 2. The molecule has 1 aliphatic rings. The molecule has 3 aromatic rings. The highest BCUT2D eigenvalue weighted by Gasteiger charge is 2.34. The molecule has 1 fully saturated rings. The third kappa shape index (κ3) is 5.41. The molecule has 1 unspecified atom stereocenters. The van der Waals surface area contributed by atoms with Crippen LogP contribution in [0, 0.1) is 0 Å². The fourth-order valence-electron chi connectivity index (χ4n) is 3.27. The summed E-state index contributed by atoms with van der Waals surface area (Å²) in [5, 5.41) is 12.7. The second-order valence-electron chi connectivity index (χ2n) is 6.90. The number of rotatable bonds is 6. The van der Waals surface area contributed by atoms with E-state index in [1.54, 1.807) is 29.2 Å². The van der Waals surface area contributed by atoms with Crippen LogP contribution in [0.3, 0.4) is 0 Å². The van der Waals surface area contributed by atoms with E-state index in [0.29, 0.717) is 33.9 Å². The number of nitrogens with zero attached hydrogens (tertiary/aromatic N) is 3. The van der Waals surface area contributed by atoms with Crippen LogP contribution in [0.15, 0.2) is 53.0 Å². The number of ether oxygens (including phenoxy) is 1. The average molecular weight is 522 g/mol. The quantitative estimate of drug-likeness (QED) is 0.511. The van der Waals surface area contributed by atoms with Crippen molar-refractivity contribution in [2.45, 2.75) is 18.9 Å². The highest BCUT2D eigenvalue weighted by atomic mass is 79.9. The van der Waals surface area contributed by atoms with Crippen molar-refractivity contribution in [2.24, 2.45) is 0 Å². The van der Waals surface area contributed by atoms with Gasteiger partial charge in [-0.05, 0) is 49.2 Å². The Kier molecular flexibility index (Phi) is 6.84. The molecule has 2 amide bonds. The number of carbonyl (C=O) groups is 2. The molecule has 1 aliphatic heterocycles. The van der Waals surface area contributed by atoms with Gasteiger partial charge >= 0.3 is 0 Å². The molecule has 1 N–H and O–H groups in total. The monoisotopic (exact) mass is 520 g/mol. The van der Waals surface area contributed by atoms with E-state index >= 15 is 0 Å². The van der Waals surface area contributed by atoms with Crippen LogP contribution in [-0.4, -0.2) is 46.1 Å². The lowest BCUT2D eigenvalue weighted by Gasteiger charge is -2.23. The number of carbonyl (C=O) groups excluding carboxylic acids is 2. The van der Waals surface area contributed by atoms with Gasteiger partial charge in [-0.1, -0.05) is 51.0 Å². The Balaban J connectivity index is 1.36. The number of hydrogen-bond acceptors (Lipinski definition) is 6. The van der Waals surface area contributed by atoms with Gasteiger partial charge in [-0.25, -0.2) is 0 Å². The Morgan fingerprint density at radius 1 is 1.16 bits per heavy atom. The molecule has 0 spiro atoms. The van der Waals surface area contributed by atoms with Crippen LogP contribution in [0.5, 0.6) is 5.75 Å². The summed E-state index contributed by atoms with van der Waals surface area (Å²) in [5.41, 5.74) is 0.915. The summed E-state index contributed by atoms with van der Waals surface area (Å²) in [5.74, 6) is 0.0449. The molecule has 1 atom stereocenters. The molecule has 0 bridgehead atoms. The first-order valence-corrected chi connectivity index (χ1v) is 11.6. The van der Waals surface area contributed by atoms with Crippen molar-refractivity contribution in [2.75, 3.05) is 18.5 Å². The molecule has 1 saturated heterocycles. The first-order valence-electron chi connectivity index (χ1n) is 9.58. The van der Waals surface area contributed by atoms with Gasteiger partial charge in [0.25, 0.3) is 5.91 Å². The maximum Gasteiger partial charge on any atom is 0.261 e. The largest absolute Gasteiger partial charge is 0.484 e. The van der Waals surface area contributed by atoms with Crippen molar-refractivity contribution < 1.29 is 14.3 Å². The zero-order valence-corrected chi connectivity index (χ0v) is 19.4. The minimum absolute atomic E-state index is 0.141. The van der Waals surface area contributed by atoms with Crippen LogP contribution in [0.4, 0.5) is 5.13 Å². The van der Waals surface area contributed by atoms with Gasteiger partial charge in [0.2, 0.25) is 11.0 Å². The van der Waals surface area contributed by atoms with Gasteiger partial charge in [0, 0.05) is 21.6 Å². The maximum atomic E-state index is 12.8. The van der Waals surface area contributed by atoms with E-state index in [4.69, 9.17) is 16.3 Å². The number of hydrogen-bond donors (Lipinski definition) is 1. The minimum atomic E-state index is -0.554. The molecule has 0 aliphatic carbocycles. The normalized spacial score (nSPS) is 15.7. The molecule has 7 nitrogen and oxygen atoms in total. The minimum Gasteiger partial charge on any atom is -0.484 e. The number of amides is 2. The van der Waals surface area contributed by atoms with Crippen molar-refractivity contribution in [3.63, 3.8) is 0 Å². The second kappa shape index (κ2) is 9.76. The van der Waals surface area contributed by atoms with E-state index < -0.39 is 6.04 Å². The number of benzene rings is 2. The summed E-state index contributed by atoms with van der Waals surface area (Å²) in [6.45, 7) is 0.374. The van der Waals surface area contributed by atoms with Crippen LogP contribution in [0.25, 0.3) is 10.6 Å². The summed E-state index contributed by atoms with van der Waals surface area (Å²) >= 11 is 10.5. The standard InChI is InChI=1S/C21H18BrClN4O3S/c22-14-5-3-13(4-6-14)20-25-26-21(31-20)24-19(29)17-2-1-11-27(17)18(28)12-30-16-9-7-15(23)8-10-16/h3-10,17H,1-2,11-12H2,(H,24,26,29). The molecule has 160 valence electrons. The number of nitrogens with one attached hydrogen (secondary N) is 1. The van der Waals surface area contributed by atoms with Gasteiger partial charge in [-0.3, -0.25) is 14.9 Å². The number of halogens is 2. The number of anilines is 1. The van der Waals surface area contributed by atoms with Gasteiger partial charge < -0.3 is 9.64 Å². The Hall–Kier alpha value is -2.49. The van der Waals surface area contributed by atoms with E-state index in [9.17, 15) is 9.59 Å². The smallest absolute Gasteiger partial charge is 0.261 e. The molecule has 0 saturated carbocycles. The fraction of sp³-hybridized carbons (Fsp3) is 0.238. The maximum absolute atomic E-state index is 12.8. The van der Waals surface area contributed by atoms with Crippen LogP contribution in [0.2, 0.25) is 5.02 Å². The van der Waals surface area contributed by atoms with Gasteiger partial charge in [-0.2, -0.15) is 0 Å². The van der Waals surface area contributed by atoms with Gasteiger partial charge in [-0.15, -0.1) is 10.2 Å². The third-order valence-corrected chi connectivity index (χ3v) is 6.47. The zero-order valence-electron chi connectivity index (χ0n) is 16.3. The van der Waals surface area contributed by atoms with Crippen LogP contribution in [0.1, 0.15) is 12.8 Å². The first-order chi connectivity index (χ1) is 15.0. The lowest BCUT2D eigenvalue weighted by Crippen LogP contribution is -2.45. The summed E-state index contributed by atoms with van der Waals surface area (Å²) in [6.07, 6.45) is 1.35. The third-order valence-electron chi connectivity index (χ3n) is 4.80. The van der Waals surface area contributed by atoms with Crippen molar-refractivity contribution in [3.8, 4) is 16.3 Å². The Morgan fingerprint density at radius 3 is 2.65 bits per heavy atom. The summed E-state index contributed by atoms with van der Waals surface area (Å²) in [4.78, 5) is 27.0. The summed E-state index contributed by atoms with van der Waals surface area (Å²) in [7, 11) is 0. The van der Waals surface area contributed by atoms with Crippen LogP contribution < -0.4 is 10.1 Å². The van der Waals surface area contributed by atoms with Crippen LogP contribution >= 0.6 is 38.9 Å². The highest BCUT2D eigenvalue weighted by Crippen LogP contribution is 2.28. The molecule has 31 heavy (non-hydrogen) atoms. The Bertz CT molecular complexity index is 1070. The molecule has 1 aromatic heterocycles. The SMILES string of the molecule is O=C(Nc1nnc(-c2ccc(Br)cc2)s1)C1CCCN1C(=O)COc1ccc(Cl)cc1. The van der Waals surface area contributed by atoms with E-state index in [-0.39, 0.29) is 18.4 Å². The molecule has 10 heteroatoms. The molecule has 0 radical (unpaired) electrons. The molecule has 2 aromatic carbocycles. The number of likely N-dealkylation sites (tertiary alicyclic amines) is 1. The Morgan fingerprint density at radius 2 is 1.90 bits per heavy atom. The van der Waals surface area contributed by atoms with Gasteiger partial charge in [0.15, 0.2) is 6.61 Å². The van der Waals surface area contributed by atoms with Gasteiger partial charge in [0.05, 0.1) is 0 Å². The Labute approximate surface area is 196 Å². The van der Waals surface area contributed by atoms with Crippen molar-refractivity contribution in [1.82, 2.24) is 15.1 Å². The average Bonchev–Trinajstić information content (AvgIpc) is 3.43. The lowest BCUT2D eigenvalue weighted by atomic mass is 10.2. The predicted molar refractivity (Wildman–Crippen MR) is 123 cm³/mol. The lowest BCUT2D eigenvalue weighted by molar-refractivity contribution is -0.138. The predicted octanol–water partition coefficient (Wildman–Crippen LogP) is 4.63.